The maximum atomic E-state index is 2.58. The molecular formula is C52H35NS. The molecule has 0 N–H and O–H groups in total. The number of fused-ring (bicyclic) bond motifs is 16. The highest BCUT2D eigenvalue weighted by molar-refractivity contribution is 7.26. The molecule has 0 fully saturated rings. The molecule has 0 unspecified atom stereocenters. The van der Waals surface area contributed by atoms with Gasteiger partial charge < -0.3 is 4.90 Å². The first-order chi connectivity index (χ1) is 26.6. The van der Waals surface area contributed by atoms with E-state index in [1.165, 1.54) is 104 Å². The highest BCUT2D eigenvalue weighted by Crippen LogP contribution is 2.64. The van der Waals surface area contributed by atoms with E-state index in [1.54, 1.807) is 0 Å². The normalized spacial score (nSPS) is 14.8. The molecule has 1 aromatic heterocycles. The fourth-order valence-electron chi connectivity index (χ4n) is 10.5. The molecular weight excluding hydrogens is 671 g/mol. The standard InChI is InChI=1S/C52H35NS/c1-51(2)40-21-8-6-19-39(40)49-44(51)25-14-26-46(49)53(47-27-13-20-38-37-18-7-12-28-48(37)54-50(38)47)32-29-30-36-35-17-5-11-24-43(35)52(45(36)31-32)41-22-9-3-15-33(41)34-16-4-10-23-42(34)52/h3-31H,1-2H3. The van der Waals surface area contributed by atoms with Crippen LogP contribution in [0.5, 0.6) is 0 Å². The third-order valence-electron chi connectivity index (χ3n) is 12.7. The molecule has 3 aliphatic rings. The highest BCUT2D eigenvalue weighted by Gasteiger charge is 2.51. The van der Waals surface area contributed by atoms with Gasteiger partial charge in [0, 0.05) is 32.1 Å². The molecule has 1 spiro atoms. The molecule has 0 aliphatic heterocycles. The van der Waals surface area contributed by atoms with E-state index in [0.29, 0.717) is 0 Å². The largest absolute Gasteiger partial charge is 0.308 e. The highest BCUT2D eigenvalue weighted by atomic mass is 32.1. The molecule has 54 heavy (non-hydrogen) atoms. The molecule has 3 aliphatic carbocycles. The molecule has 0 atom stereocenters. The molecule has 2 heteroatoms. The molecule has 0 saturated heterocycles. The maximum absolute atomic E-state index is 2.58. The van der Waals surface area contributed by atoms with Crippen molar-refractivity contribution in [1.29, 1.82) is 0 Å². The van der Waals surface area contributed by atoms with Crippen molar-refractivity contribution in [2.24, 2.45) is 0 Å². The van der Waals surface area contributed by atoms with Crippen LogP contribution in [-0.2, 0) is 10.8 Å². The molecule has 0 amide bonds. The average molecular weight is 706 g/mol. The molecule has 0 radical (unpaired) electrons. The van der Waals surface area contributed by atoms with E-state index in [0.717, 1.165) is 0 Å². The van der Waals surface area contributed by atoms with Crippen molar-refractivity contribution in [3.05, 3.63) is 209 Å². The van der Waals surface area contributed by atoms with Gasteiger partial charge in [-0.15, -0.1) is 11.3 Å². The van der Waals surface area contributed by atoms with Crippen molar-refractivity contribution >= 4 is 48.6 Å². The van der Waals surface area contributed by atoms with Crippen LogP contribution in [0, 0.1) is 0 Å². The van der Waals surface area contributed by atoms with E-state index < -0.39 is 5.41 Å². The first-order valence-corrected chi connectivity index (χ1v) is 19.8. The first-order valence-electron chi connectivity index (χ1n) is 18.9. The lowest BCUT2D eigenvalue weighted by atomic mass is 9.70. The number of rotatable bonds is 3. The lowest BCUT2D eigenvalue weighted by Crippen LogP contribution is -2.26. The quantitative estimate of drug-likeness (QED) is 0.177. The summed E-state index contributed by atoms with van der Waals surface area (Å²) in [5.74, 6) is 0. The Hall–Kier alpha value is -6.22. The number of nitrogens with zero attached hydrogens (tertiary/aromatic N) is 1. The Morgan fingerprint density at radius 1 is 0.407 bits per heavy atom. The summed E-state index contributed by atoms with van der Waals surface area (Å²) in [5, 5.41) is 2.61. The number of benzene rings is 8. The zero-order chi connectivity index (χ0) is 35.8. The summed E-state index contributed by atoms with van der Waals surface area (Å²) < 4.78 is 2.61. The van der Waals surface area contributed by atoms with Crippen LogP contribution in [0.15, 0.2) is 176 Å². The van der Waals surface area contributed by atoms with Crippen LogP contribution in [0.3, 0.4) is 0 Å². The molecule has 1 nitrogen and oxygen atoms in total. The van der Waals surface area contributed by atoms with Gasteiger partial charge in [-0.25, -0.2) is 0 Å². The van der Waals surface area contributed by atoms with Crippen LogP contribution in [0.2, 0.25) is 0 Å². The fourth-order valence-corrected chi connectivity index (χ4v) is 11.7. The fraction of sp³-hybridized carbons (Fsp3) is 0.0769. The van der Waals surface area contributed by atoms with Gasteiger partial charge in [-0.2, -0.15) is 0 Å². The van der Waals surface area contributed by atoms with E-state index in [1.807, 2.05) is 11.3 Å². The lowest BCUT2D eigenvalue weighted by molar-refractivity contribution is 0.660. The maximum Gasteiger partial charge on any atom is 0.0726 e. The van der Waals surface area contributed by atoms with Crippen molar-refractivity contribution in [3.8, 4) is 33.4 Å². The van der Waals surface area contributed by atoms with Crippen molar-refractivity contribution in [2.45, 2.75) is 24.7 Å². The summed E-state index contributed by atoms with van der Waals surface area (Å²) in [6, 6.07) is 66.3. The van der Waals surface area contributed by atoms with Crippen molar-refractivity contribution in [3.63, 3.8) is 0 Å². The minimum atomic E-state index is -0.419. The van der Waals surface area contributed by atoms with Crippen LogP contribution < -0.4 is 4.90 Å². The molecule has 8 aromatic carbocycles. The van der Waals surface area contributed by atoms with Crippen LogP contribution in [0.25, 0.3) is 53.6 Å². The van der Waals surface area contributed by atoms with Gasteiger partial charge in [-0.3, -0.25) is 0 Å². The second kappa shape index (κ2) is 10.7. The zero-order valence-electron chi connectivity index (χ0n) is 30.1. The molecule has 12 rings (SSSR count). The Kier molecular flexibility index (Phi) is 5.99. The van der Waals surface area contributed by atoms with Crippen LogP contribution >= 0.6 is 11.3 Å². The summed E-state index contributed by atoms with van der Waals surface area (Å²) in [4.78, 5) is 2.58. The predicted octanol–water partition coefficient (Wildman–Crippen LogP) is 14.2. The van der Waals surface area contributed by atoms with Gasteiger partial charge in [-0.1, -0.05) is 159 Å². The second-order valence-electron chi connectivity index (χ2n) is 15.6. The average Bonchev–Trinajstić information content (AvgIpc) is 3.91. The predicted molar refractivity (Wildman–Crippen MR) is 228 cm³/mol. The van der Waals surface area contributed by atoms with Crippen LogP contribution in [0.1, 0.15) is 47.2 Å². The van der Waals surface area contributed by atoms with E-state index in [9.17, 15) is 0 Å². The summed E-state index contributed by atoms with van der Waals surface area (Å²) in [7, 11) is 0. The summed E-state index contributed by atoms with van der Waals surface area (Å²) >= 11 is 1.90. The smallest absolute Gasteiger partial charge is 0.0726 e. The summed E-state index contributed by atoms with van der Waals surface area (Å²) in [5.41, 5.74) is 19.2. The molecule has 1 heterocycles. The molecule has 0 saturated carbocycles. The van der Waals surface area contributed by atoms with Crippen LogP contribution in [-0.4, -0.2) is 0 Å². The van der Waals surface area contributed by atoms with E-state index in [2.05, 4.69) is 195 Å². The second-order valence-corrected chi connectivity index (χ2v) is 16.6. The molecule has 9 aromatic rings. The van der Waals surface area contributed by atoms with Gasteiger partial charge in [0.2, 0.25) is 0 Å². The van der Waals surface area contributed by atoms with E-state index in [4.69, 9.17) is 0 Å². The molecule has 0 bridgehead atoms. The Morgan fingerprint density at radius 3 is 1.63 bits per heavy atom. The molecule has 254 valence electrons. The topological polar surface area (TPSA) is 3.24 Å². The first kappa shape index (κ1) is 30.3. The zero-order valence-corrected chi connectivity index (χ0v) is 30.9. The Bertz CT molecular complexity index is 2990. The third kappa shape index (κ3) is 3.69. The Labute approximate surface area is 319 Å². The third-order valence-corrected chi connectivity index (χ3v) is 13.9. The van der Waals surface area contributed by atoms with Crippen molar-refractivity contribution in [1.82, 2.24) is 0 Å². The van der Waals surface area contributed by atoms with Crippen molar-refractivity contribution < 1.29 is 0 Å². The van der Waals surface area contributed by atoms with Gasteiger partial charge >= 0.3 is 0 Å². The van der Waals surface area contributed by atoms with Gasteiger partial charge in [0.1, 0.15) is 0 Å². The number of thiophene rings is 1. The minimum Gasteiger partial charge on any atom is -0.308 e. The van der Waals surface area contributed by atoms with E-state index in [-0.39, 0.29) is 5.41 Å². The number of hydrogen-bond acceptors (Lipinski definition) is 2. The Balaban J connectivity index is 1.20. The van der Waals surface area contributed by atoms with Gasteiger partial charge in [0.15, 0.2) is 0 Å². The Morgan fingerprint density at radius 2 is 0.926 bits per heavy atom. The SMILES string of the molecule is CC1(C)c2ccccc2-c2c(N(c3ccc4c(c3)C3(c5ccccc5-c5ccccc53)c3ccccc3-4)c3cccc4c3sc3ccccc34)cccc21. The number of anilines is 3. The summed E-state index contributed by atoms with van der Waals surface area (Å²) in [6.07, 6.45) is 0. The summed E-state index contributed by atoms with van der Waals surface area (Å²) in [6.45, 7) is 4.76. The van der Waals surface area contributed by atoms with E-state index >= 15 is 0 Å². The van der Waals surface area contributed by atoms with Gasteiger partial charge in [-0.05, 0) is 91.5 Å². The van der Waals surface area contributed by atoms with Gasteiger partial charge in [0.05, 0.1) is 21.5 Å². The monoisotopic (exact) mass is 705 g/mol. The van der Waals surface area contributed by atoms with Crippen LogP contribution in [0.4, 0.5) is 17.1 Å². The van der Waals surface area contributed by atoms with Gasteiger partial charge in [0.25, 0.3) is 0 Å². The lowest BCUT2D eigenvalue weighted by Gasteiger charge is -2.33. The van der Waals surface area contributed by atoms with Crippen molar-refractivity contribution in [2.75, 3.05) is 4.90 Å². The minimum absolute atomic E-state index is 0.113. The number of hydrogen-bond donors (Lipinski definition) is 0.